The minimum absolute atomic E-state index is 0.00916. The van der Waals surface area contributed by atoms with Gasteiger partial charge in [0.25, 0.3) is 5.91 Å². The molecule has 1 atom stereocenters. The summed E-state index contributed by atoms with van der Waals surface area (Å²) < 4.78 is 18.9. The van der Waals surface area contributed by atoms with Crippen molar-refractivity contribution in [2.75, 3.05) is 4.90 Å². The van der Waals surface area contributed by atoms with E-state index in [4.69, 9.17) is 4.42 Å². The van der Waals surface area contributed by atoms with Crippen molar-refractivity contribution in [3.05, 3.63) is 54.2 Å². The zero-order chi connectivity index (χ0) is 22.7. The standard InChI is InChI=1S/C26H27FN2O4/c27-19-3-5-20(6-4-19)29-23(30)11-22(24(29)31)28(15-21-2-1-7-33-21)25(32)26-12-16-8-17(13-26)10-18(9-16)14-26/h1-7,16-18,22H,8-15H2. The third-order valence-corrected chi connectivity index (χ3v) is 8.24. The predicted molar refractivity (Wildman–Crippen MR) is 117 cm³/mol. The summed E-state index contributed by atoms with van der Waals surface area (Å²) in [6.07, 6.45) is 7.75. The molecule has 1 aromatic heterocycles. The molecule has 1 unspecified atom stereocenters. The normalized spacial score (nSPS) is 32.6. The van der Waals surface area contributed by atoms with Gasteiger partial charge in [-0.05, 0) is 92.7 Å². The zero-order valence-corrected chi connectivity index (χ0v) is 18.4. The highest BCUT2D eigenvalue weighted by Crippen LogP contribution is 2.60. The van der Waals surface area contributed by atoms with Crippen LogP contribution in [0.3, 0.4) is 0 Å². The summed E-state index contributed by atoms with van der Waals surface area (Å²) in [7, 11) is 0. The molecule has 4 saturated carbocycles. The highest BCUT2D eigenvalue weighted by atomic mass is 19.1. The van der Waals surface area contributed by atoms with Gasteiger partial charge in [0.1, 0.15) is 17.6 Å². The van der Waals surface area contributed by atoms with Gasteiger partial charge in [-0.1, -0.05) is 0 Å². The third-order valence-electron chi connectivity index (χ3n) is 8.24. The van der Waals surface area contributed by atoms with Crippen LogP contribution < -0.4 is 4.90 Å². The van der Waals surface area contributed by atoms with Gasteiger partial charge in [0.2, 0.25) is 11.8 Å². The second-order valence-electron chi connectivity index (χ2n) is 10.5. The van der Waals surface area contributed by atoms with E-state index in [1.54, 1.807) is 23.3 Å². The number of nitrogens with zero attached hydrogens (tertiary/aromatic N) is 2. The molecule has 0 N–H and O–H groups in total. The van der Waals surface area contributed by atoms with Crippen LogP contribution in [-0.2, 0) is 20.9 Å². The molecule has 4 bridgehead atoms. The summed E-state index contributed by atoms with van der Waals surface area (Å²) in [6, 6.07) is 7.97. The molecular formula is C26H27FN2O4. The molecule has 1 saturated heterocycles. The van der Waals surface area contributed by atoms with Crippen LogP contribution in [0, 0.1) is 29.0 Å². The summed E-state index contributed by atoms with van der Waals surface area (Å²) in [6.45, 7) is 0.161. The van der Waals surface area contributed by atoms with Crippen molar-refractivity contribution in [3.8, 4) is 0 Å². The monoisotopic (exact) mass is 450 g/mol. The third kappa shape index (κ3) is 3.40. The Morgan fingerprint density at radius 2 is 1.67 bits per heavy atom. The van der Waals surface area contributed by atoms with E-state index in [1.807, 2.05) is 0 Å². The van der Waals surface area contributed by atoms with Crippen LogP contribution in [0.15, 0.2) is 47.1 Å². The van der Waals surface area contributed by atoms with Crippen LogP contribution in [0.2, 0.25) is 0 Å². The molecular weight excluding hydrogens is 423 g/mol. The minimum Gasteiger partial charge on any atom is -0.467 e. The molecule has 172 valence electrons. The van der Waals surface area contributed by atoms with Gasteiger partial charge in [0, 0.05) is 0 Å². The van der Waals surface area contributed by atoms with Crippen LogP contribution in [-0.4, -0.2) is 28.7 Å². The lowest BCUT2D eigenvalue weighted by Crippen LogP contribution is -2.57. The molecule has 1 aromatic carbocycles. The fraction of sp³-hybridized carbons (Fsp3) is 0.500. The number of amides is 3. The van der Waals surface area contributed by atoms with Gasteiger partial charge in [-0.25, -0.2) is 9.29 Å². The molecule has 2 aromatic rings. The average molecular weight is 451 g/mol. The minimum atomic E-state index is -0.881. The van der Waals surface area contributed by atoms with Gasteiger partial charge < -0.3 is 9.32 Å². The maximum atomic E-state index is 14.2. The Morgan fingerprint density at radius 3 is 2.24 bits per heavy atom. The smallest absolute Gasteiger partial charge is 0.257 e. The number of hydrogen-bond donors (Lipinski definition) is 0. The first-order valence-corrected chi connectivity index (χ1v) is 11.9. The fourth-order valence-electron chi connectivity index (χ4n) is 7.29. The Balaban J connectivity index is 1.33. The van der Waals surface area contributed by atoms with Crippen LogP contribution >= 0.6 is 0 Å². The molecule has 0 radical (unpaired) electrons. The molecule has 6 nitrogen and oxygen atoms in total. The van der Waals surface area contributed by atoms with Crippen molar-refractivity contribution in [2.24, 2.45) is 23.2 Å². The van der Waals surface area contributed by atoms with Gasteiger partial charge in [0.15, 0.2) is 0 Å². The van der Waals surface area contributed by atoms with E-state index >= 15 is 0 Å². The van der Waals surface area contributed by atoms with Gasteiger partial charge in [-0.2, -0.15) is 0 Å². The summed E-state index contributed by atoms with van der Waals surface area (Å²) >= 11 is 0. The summed E-state index contributed by atoms with van der Waals surface area (Å²) in [5.74, 6) is 1.09. The fourth-order valence-corrected chi connectivity index (χ4v) is 7.29. The molecule has 7 heteroatoms. The van der Waals surface area contributed by atoms with Crippen LogP contribution in [0.4, 0.5) is 10.1 Å². The number of benzene rings is 1. The van der Waals surface area contributed by atoms with E-state index < -0.39 is 23.2 Å². The number of hydrogen-bond acceptors (Lipinski definition) is 4. The highest BCUT2D eigenvalue weighted by Gasteiger charge is 2.57. The first-order chi connectivity index (χ1) is 15.9. The summed E-state index contributed by atoms with van der Waals surface area (Å²) in [5, 5.41) is 0. The van der Waals surface area contributed by atoms with Gasteiger partial charge in [-0.3, -0.25) is 14.4 Å². The van der Waals surface area contributed by atoms with E-state index in [1.165, 1.54) is 43.5 Å². The SMILES string of the molecule is O=C1CC(N(Cc2ccco2)C(=O)C23CC4CC(CC(C4)C2)C3)C(=O)N1c1ccc(F)cc1. The Hall–Kier alpha value is -2.96. The quantitative estimate of drug-likeness (QED) is 0.637. The van der Waals surface area contributed by atoms with Gasteiger partial charge in [-0.15, -0.1) is 0 Å². The summed E-state index contributed by atoms with van der Waals surface area (Å²) in [5.41, 5.74) is -0.109. The maximum Gasteiger partial charge on any atom is 0.257 e. The van der Waals surface area contributed by atoms with Crippen molar-refractivity contribution >= 4 is 23.4 Å². The first kappa shape index (κ1) is 20.6. The van der Waals surface area contributed by atoms with Gasteiger partial charge >= 0.3 is 0 Å². The largest absolute Gasteiger partial charge is 0.467 e. The molecule has 4 aliphatic carbocycles. The average Bonchev–Trinajstić information content (AvgIpc) is 3.39. The Bertz CT molecular complexity index is 1060. The Labute approximate surface area is 191 Å². The molecule has 5 fully saturated rings. The topological polar surface area (TPSA) is 70.8 Å². The zero-order valence-electron chi connectivity index (χ0n) is 18.4. The van der Waals surface area contributed by atoms with Crippen molar-refractivity contribution in [2.45, 2.75) is 57.5 Å². The lowest BCUT2D eigenvalue weighted by Gasteiger charge is -2.56. The second-order valence-corrected chi connectivity index (χ2v) is 10.5. The number of anilines is 1. The highest BCUT2D eigenvalue weighted by molar-refractivity contribution is 6.23. The van der Waals surface area contributed by atoms with E-state index in [-0.39, 0.29) is 24.8 Å². The lowest BCUT2D eigenvalue weighted by molar-refractivity contribution is -0.162. The number of imide groups is 1. The number of rotatable bonds is 5. The number of furan rings is 1. The molecule has 3 amide bonds. The molecule has 2 heterocycles. The molecule has 5 aliphatic rings. The van der Waals surface area contributed by atoms with E-state index in [9.17, 15) is 18.8 Å². The van der Waals surface area contributed by atoms with Gasteiger partial charge in [0.05, 0.1) is 30.3 Å². The van der Waals surface area contributed by atoms with Crippen LogP contribution in [0.25, 0.3) is 0 Å². The molecule has 33 heavy (non-hydrogen) atoms. The lowest BCUT2D eigenvalue weighted by atomic mass is 9.49. The van der Waals surface area contributed by atoms with Crippen molar-refractivity contribution in [1.82, 2.24) is 4.90 Å². The predicted octanol–water partition coefficient (Wildman–Crippen LogP) is 4.30. The summed E-state index contributed by atoms with van der Waals surface area (Å²) in [4.78, 5) is 43.3. The van der Waals surface area contributed by atoms with Crippen LogP contribution in [0.5, 0.6) is 0 Å². The number of halogens is 1. The molecule has 0 spiro atoms. The Morgan fingerprint density at radius 1 is 1.03 bits per heavy atom. The molecule has 1 aliphatic heterocycles. The van der Waals surface area contributed by atoms with Crippen molar-refractivity contribution in [3.63, 3.8) is 0 Å². The van der Waals surface area contributed by atoms with Crippen molar-refractivity contribution < 1.29 is 23.2 Å². The Kier molecular flexibility index (Phi) is 4.71. The first-order valence-electron chi connectivity index (χ1n) is 11.9. The van der Waals surface area contributed by atoms with Crippen LogP contribution in [0.1, 0.15) is 50.7 Å². The maximum absolute atomic E-state index is 14.2. The van der Waals surface area contributed by atoms with E-state index in [2.05, 4.69) is 0 Å². The van der Waals surface area contributed by atoms with E-state index in [0.717, 1.165) is 24.2 Å². The number of carbonyl (C=O) groups is 3. The van der Waals surface area contributed by atoms with Crippen molar-refractivity contribution in [1.29, 1.82) is 0 Å². The van der Waals surface area contributed by atoms with E-state index in [0.29, 0.717) is 29.2 Å². The second kappa shape index (κ2) is 7.54. The number of carbonyl (C=O) groups excluding carboxylic acids is 3. The molecule has 7 rings (SSSR count).